The van der Waals surface area contributed by atoms with Gasteiger partial charge in [-0.15, -0.1) is 11.3 Å². The molecule has 0 spiro atoms. The molecule has 4 heterocycles. The van der Waals surface area contributed by atoms with Crippen LogP contribution >= 0.6 is 11.3 Å². The summed E-state index contributed by atoms with van der Waals surface area (Å²) in [4.78, 5) is 5.47. The first-order chi connectivity index (χ1) is 9.92. The van der Waals surface area contributed by atoms with Crippen molar-refractivity contribution >= 4 is 17.3 Å². The minimum atomic E-state index is 0.173. The predicted octanol–water partition coefficient (Wildman–Crippen LogP) is 2.28. The van der Waals surface area contributed by atoms with Gasteiger partial charge in [0.1, 0.15) is 0 Å². The summed E-state index contributed by atoms with van der Waals surface area (Å²) >= 11 is 1.73. The number of fused-ring (bicyclic) bond motifs is 1. The minimum Gasteiger partial charge on any atom is -0.346 e. The van der Waals surface area contributed by atoms with E-state index in [0.29, 0.717) is 5.95 Å². The highest BCUT2D eigenvalue weighted by Gasteiger charge is 2.31. The van der Waals surface area contributed by atoms with E-state index in [-0.39, 0.29) is 12.1 Å². The van der Waals surface area contributed by atoms with E-state index >= 15 is 0 Å². The topological polar surface area (TPSA) is 68.5 Å². The maximum Gasteiger partial charge on any atom is 0.244 e. The Kier molecular flexibility index (Phi) is 2.70. The molecule has 2 atom stereocenters. The largest absolute Gasteiger partial charge is 0.346 e. The number of nitrogens with one attached hydrogen (secondary N) is 1. The quantitative estimate of drug-likeness (QED) is 0.782. The molecule has 1 aliphatic rings. The third-order valence-corrected chi connectivity index (χ3v) is 4.48. The standard InChI is InChI=1S/C13H12N6S/c1-3-9(8-14-5-1)10-7-11(12-4-2-6-20-12)19-13(15-10)16-17-18-19/h1-6,8,10-11H,7H2,(H,15,16,18)/t10-,11-/m1/s1. The molecule has 0 aromatic carbocycles. The fourth-order valence-corrected chi connectivity index (χ4v) is 3.38. The summed E-state index contributed by atoms with van der Waals surface area (Å²) in [6, 6.07) is 8.57. The van der Waals surface area contributed by atoms with Gasteiger partial charge in [0, 0.05) is 17.3 Å². The van der Waals surface area contributed by atoms with E-state index in [1.54, 1.807) is 17.5 Å². The number of rotatable bonds is 2. The Morgan fingerprint density at radius 3 is 3.10 bits per heavy atom. The normalized spacial score (nSPS) is 21.2. The maximum atomic E-state index is 4.20. The van der Waals surface area contributed by atoms with Crippen molar-refractivity contribution in [1.29, 1.82) is 0 Å². The van der Waals surface area contributed by atoms with Gasteiger partial charge in [-0.1, -0.05) is 17.2 Å². The van der Waals surface area contributed by atoms with Crippen LogP contribution in [0.4, 0.5) is 5.95 Å². The van der Waals surface area contributed by atoms with E-state index in [2.05, 4.69) is 49.4 Å². The molecule has 3 aromatic rings. The molecule has 1 aliphatic heterocycles. The summed E-state index contributed by atoms with van der Waals surface area (Å²) in [5.74, 6) is 0.712. The Morgan fingerprint density at radius 1 is 1.30 bits per heavy atom. The van der Waals surface area contributed by atoms with E-state index in [1.807, 2.05) is 16.9 Å². The van der Waals surface area contributed by atoms with Crippen molar-refractivity contribution < 1.29 is 0 Å². The third-order valence-electron chi connectivity index (χ3n) is 3.51. The molecule has 0 radical (unpaired) electrons. The van der Waals surface area contributed by atoms with Crippen LogP contribution in [0.1, 0.15) is 28.9 Å². The van der Waals surface area contributed by atoms with Crippen molar-refractivity contribution in [2.75, 3.05) is 5.32 Å². The molecule has 7 heteroatoms. The van der Waals surface area contributed by atoms with Gasteiger partial charge in [0.15, 0.2) is 0 Å². The first-order valence-electron chi connectivity index (χ1n) is 6.39. The molecule has 0 unspecified atom stereocenters. The number of hydrogen-bond donors (Lipinski definition) is 1. The molecule has 20 heavy (non-hydrogen) atoms. The second kappa shape index (κ2) is 4.68. The number of anilines is 1. The van der Waals surface area contributed by atoms with E-state index in [1.165, 1.54) is 4.88 Å². The zero-order chi connectivity index (χ0) is 13.4. The summed E-state index contributed by atoms with van der Waals surface area (Å²) in [7, 11) is 0. The summed E-state index contributed by atoms with van der Waals surface area (Å²) in [6.07, 6.45) is 4.58. The fraction of sp³-hybridized carbons (Fsp3) is 0.231. The van der Waals surface area contributed by atoms with E-state index < -0.39 is 0 Å². The number of thiophene rings is 1. The van der Waals surface area contributed by atoms with Crippen LogP contribution in [0.15, 0.2) is 42.0 Å². The molecule has 0 bridgehead atoms. The lowest BCUT2D eigenvalue weighted by Crippen LogP contribution is -2.27. The van der Waals surface area contributed by atoms with Crippen LogP contribution in [0.3, 0.4) is 0 Å². The molecule has 0 amide bonds. The Hall–Kier alpha value is -2.28. The van der Waals surface area contributed by atoms with Crippen molar-refractivity contribution in [2.45, 2.75) is 18.5 Å². The molecule has 6 nitrogen and oxygen atoms in total. The van der Waals surface area contributed by atoms with Crippen molar-refractivity contribution in [3.05, 3.63) is 52.5 Å². The number of pyridine rings is 1. The first-order valence-corrected chi connectivity index (χ1v) is 7.27. The summed E-state index contributed by atoms with van der Waals surface area (Å²) < 4.78 is 1.86. The van der Waals surface area contributed by atoms with Crippen LogP contribution in [0.5, 0.6) is 0 Å². The van der Waals surface area contributed by atoms with Crippen molar-refractivity contribution in [3.8, 4) is 0 Å². The highest BCUT2D eigenvalue weighted by Crippen LogP contribution is 2.38. The van der Waals surface area contributed by atoms with Crippen molar-refractivity contribution in [2.24, 2.45) is 0 Å². The number of aromatic nitrogens is 5. The Morgan fingerprint density at radius 2 is 2.30 bits per heavy atom. The number of tetrazole rings is 1. The molecule has 100 valence electrons. The lowest BCUT2D eigenvalue weighted by molar-refractivity contribution is 0.428. The lowest BCUT2D eigenvalue weighted by atomic mass is 9.98. The zero-order valence-electron chi connectivity index (χ0n) is 10.5. The fourth-order valence-electron chi connectivity index (χ4n) is 2.56. The summed E-state index contributed by atoms with van der Waals surface area (Å²) in [5, 5.41) is 17.4. The van der Waals surface area contributed by atoms with Gasteiger partial charge in [0.2, 0.25) is 5.95 Å². The van der Waals surface area contributed by atoms with E-state index in [9.17, 15) is 0 Å². The molecule has 0 fully saturated rings. The molecular formula is C13H12N6S. The average Bonchev–Trinajstić information content (AvgIpc) is 3.18. The van der Waals surface area contributed by atoms with Gasteiger partial charge in [-0.25, -0.2) is 4.68 Å². The Labute approximate surface area is 119 Å². The van der Waals surface area contributed by atoms with Crippen LogP contribution in [0, 0.1) is 0 Å². The zero-order valence-corrected chi connectivity index (χ0v) is 11.4. The summed E-state index contributed by atoms with van der Waals surface area (Å²) in [5.41, 5.74) is 1.16. The van der Waals surface area contributed by atoms with Crippen LogP contribution in [-0.2, 0) is 0 Å². The minimum absolute atomic E-state index is 0.173. The summed E-state index contributed by atoms with van der Waals surface area (Å²) in [6.45, 7) is 0. The van der Waals surface area contributed by atoms with E-state index in [0.717, 1.165) is 12.0 Å². The lowest BCUT2D eigenvalue weighted by Gasteiger charge is -2.30. The first kappa shape index (κ1) is 11.5. The number of nitrogens with zero attached hydrogens (tertiary/aromatic N) is 5. The molecule has 3 aromatic heterocycles. The van der Waals surface area contributed by atoms with Crippen LogP contribution in [-0.4, -0.2) is 25.2 Å². The smallest absolute Gasteiger partial charge is 0.244 e. The highest BCUT2D eigenvalue weighted by atomic mass is 32.1. The van der Waals surface area contributed by atoms with Crippen LogP contribution in [0.2, 0.25) is 0 Å². The van der Waals surface area contributed by atoms with Gasteiger partial charge in [0.25, 0.3) is 0 Å². The van der Waals surface area contributed by atoms with Crippen molar-refractivity contribution in [3.63, 3.8) is 0 Å². The average molecular weight is 284 g/mol. The molecule has 0 saturated carbocycles. The van der Waals surface area contributed by atoms with Crippen LogP contribution < -0.4 is 5.32 Å². The third kappa shape index (κ3) is 1.87. The van der Waals surface area contributed by atoms with Gasteiger partial charge in [0.05, 0.1) is 12.1 Å². The maximum absolute atomic E-state index is 4.20. The monoisotopic (exact) mass is 284 g/mol. The SMILES string of the molecule is c1cncc([C@H]2C[C@H](c3cccs3)n3nnnc3N2)c1. The highest BCUT2D eigenvalue weighted by molar-refractivity contribution is 7.10. The second-order valence-corrected chi connectivity index (χ2v) is 5.68. The number of hydrogen-bond acceptors (Lipinski definition) is 6. The predicted molar refractivity (Wildman–Crippen MR) is 75.5 cm³/mol. The van der Waals surface area contributed by atoms with E-state index in [4.69, 9.17) is 0 Å². The Bertz CT molecular complexity index is 693. The molecule has 1 N–H and O–H groups in total. The van der Waals surface area contributed by atoms with Crippen LogP contribution in [0.25, 0.3) is 0 Å². The van der Waals surface area contributed by atoms with Gasteiger partial charge in [-0.3, -0.25) is 4.98 Å². The second-order valence-electron chi connectivity index (χ2n) is 4.70. The van der Waals surface area contributed by atoms with Gasteiger partial charge in [-0.2, -0.15) is 0 Å². The molecule has 0 aliphatic carbocycles. The molecule has 4 rings (SSSR count). The van der Waals surface area contributed by atoms with Crippen molar-refractivity contribution in [1.82, 2.24) is 25.2 Å². The molecule has 0 saturated heterocycles. The molecular weight excluding hydrogens is 272 g/mol. The van der Waals surface area contributed by atoms with Gasteiger partial charge < -0.3 is 5.32 Å². The van der Waals surface area contributed by atoms with Gasteiger partial charge in [-0.05, 0) is 39.9 Å². The Balaban J connectivity index is 1.74. The van der Waals surface area contributed by atoms with Gasteiger partial charge >= 0.3 is 0 Å².